The van der Waals surface area contributed by atoms with Gasteiger partial charge in [-0.1, -0.05) is 139 Å². The summed E-state index contributed by atoms with van der Waals surface area (Å²) >= 11 is 0. The molecule has 3 atom stereocenters. The number of nitrogens with one attached hydrogen (secondary N) is 1. The van der Waals surface area contributed by atoms with Crippen LogP contribution in [0.25, 0.3) is 0 Å². The summed E-state index contributed by atoms with van der Waals surface area (Å²) in [7, 11) is 0. The highest BCUT2D eigenvalue weighted by Crippen LogP contribution is 2.15. The van der Waals surface area contributed by atoms with Gasteiger partial charge >= 0.3 is 0 Å². The average Bonchev–Trinajstić information content (AvgIpc) is 3.03. The van der Waals surface area contributed by atoms with Gasteiger partial charge in [0, 0.05) is 13.0 Å². The van der Waals surface area contributed by atoms with Crippen LogP contribution >= 0.6 is 0 Å². The summed E-state index contributed by atoms with van der Waals surface area (Å²) in [6.45, 7) is 2.14. The van der Waals surface area contributed by atoms with Crippen LogP contribution in [0.2, 0.25) is 0 Å². The van der Waals surface area contributed by atoms with Crippen LogP contribution in [-0.4, -0.2) is 57.8 Å². The van der Waals surface area contributed by atoms with Crippen molar-refractivity contribution in [3.8, 4) is 0 Å². The zero-order valence-corrected chi connectivity index (χ0v) is 28.2. The van der Waals surface area contributed by atoms with E-state index in [2.05, 4.69) is 60.8 Å². The van der Waals surface area contributed by atoms with Crippen LogP contribution in [0.3, 0.4) is 0 Å². The number of carbonyl (C=O) groups excluding carboxylic acids is 1. The zero-order valence-electron chi connectivity index (χ0n) is 28.2. The third-order valence-corrected chi connectivity index (χ3v) is 7.99. The van der Waals surface area contributed by atoms with E-state index in [1.807, 2.05) is 0 Å². The summed E-state index contributed by atoms with van der Waals surface area (Å²) in [4.78, 5) is 12.3. The predicted octanol–water partition coefficient (Wildman–Crippen LogP) is 8.39. The first-order valence-electron chi connectivity index (χ1n) is 18.0. The summed E-state index contributed by atoms with van der Waals surface area (Å²) in [5.41, 5.74) is 0. The number of hydrogen-bond donors (Lipinski definition) is 5. The largest absolute Gasteiger partial charge is 0.396 e. The van der Waals surface area contributed by atoms with Crippen molar-refractivity contribution in [3.63, 3.8) is 0 Å². The van der Waals surface area contributed by atoms with Crippen LogP contribution in [0.5, 0.6) is 0 Å². The first-order valence-corrected chi connectivity index (χ1v) is 18.0. The van der Waals surface area contributed by atoms with Crippen molar-refractivity contribution < 1.29 is 25.2 Å². The number of carbonyl (C=O) groups is 1. The minimum Gasteiger partial charge on any atom is -0.396 e. The van der Waals surface area contributed by atoms with E-state index in [4.69, 9.17) is 5.11 Å². The minimum absolute atomic E-state index is 0.211. The molecule has 0 aliphatic rings. The molecule has 0 radical (unpaired) electrons. The first kappa shape index (κ1) is 42.3. The normalized spacial score (nSPS) is 14.4. The van der Waals surface area contributed by atoms with Crippen molar-refractivity contribution in [2.75, 3.05) is 13.2 Å². The number of hydrogen-bond acceptors (Lipinski definition) is 5. The highest BCUT2D eigenvalue weighted by atomic mass is 16.3. The van der Waals surface area contributed by atoms with Crippen molar-refractivity contribution in [1.82, 2.24) is 5.32 Å². The zero-order chi connectivity index (χ0) is 32.4. The van der Waals surface area contributed by atoms with E-state index in [1.54, 1.807) is 0 Å². The SMILES string of the molecule is CCCCCCCCCCCCCCC(O)C(O)[C@H](CO)NC(=O)CCC/C=C\C/C=C\C/C=C\C/C=C\CCCCCO. The van der Waals surface area contributed by atoms with E-state index in [-0.39, 0.29) is 5.91 Å². The maximum Gasteiger partial charge on any atom is 0.220 e. The van der Waals surface area contributed by atoms with Gasteiger partial charge in [-0.05, 0) is 57.8 Å². The number of allylic oxidation sites excluding steroid dienone is 8. The Kier molecular flexibility index (Phi) is 32.8. The van der Waals surface area contributed by atoms with E-state index >= 15 is 0 Å². The molecule has 5 N–H and O–H groups in total. The van der Waals surface area contributed by atoms with Crippen molar-refractivity contribution in [2.45, 2.75) is 173 Å². The number of aliphatic hydroxyl groups excluding tert-OH is 4. The van der Waals surface area contributed by atoms with Crippen LogP contribution in [0, 0.1) is 0 Å². The Morgan fingerprint density at radius 1 is 0.591 bits per heavy atom. The second kappa shape index (κ2) is 34.1. The summed E-state index contributed by atoms with van der Waals surface area (Å²) in [5.74, 6) is -0.211. The average molecular weight is 620 g/mol. The Labute approximate surface area is 270 Å². The molecule has 6 heteroatoms. The molecule has 0 rings (SSSR count). The van der Waals surface area contributed by atoms with Gasteiger partial charge in [0.25, 0.3) is 0 Å². The minimum atomic E-state index is -1.16. The third kappa shape index (κ3) is 29.0. The van der Waals surface area contributed by atoms with Gasteiger partial charge in [-0.2, -0.15) is 0 Å². The van der Waals surface area contributed by atoms with Gasteiger partial charge in [0.1, 0.15) is 6.10 Å². The quantitative estimate of drug-likeness (QED) is 0.0384. The Bertz CT molecular complexity index is 733. The Morgan fingerprint density at radius 2 is 1.05 bits per heavy atom. The van der Waals surface area contributed by atoms with Crippen LogP contribution in [0.4, 0.5) is 0 Å². The van der Waals surface area contributed by atoms with Gasteiger partial charge < -0.3 is 25.7 Å². The van der Waals surface area contributed by atoms with Crippen LogP contribution < -0.4 is 5.32 Å². The molecule has 6 nitrogen and oxygen atoms in total. The topological polar surface area (TPSA) is 110 Å². The lowest BCUT2D eigenvalue weighted by molar-refractivity contribution is -0.124. The van der Waals surface area contributed by atoms with Gasteiger partial charge in [-0.15, -0.1) is 0 Å². The Hall–Kier alpha value is -1.73. The molecule has 2 unspecified atom stereocenters. The Morgan fingerprint density at radius 3 is 1.55 bits per heavy atom. The molecular weight excluding hydrogens is 550 g/mol. The fourth-order valence-corrected chi connectivity index (χ4v) is 5.13. The fraction of sp³-hybridized carbons (Fsp3) is 0.763. The summed E-state index contributed by atoms with van der Waals surface area (Å²) < 4.78 is 0. The number of unbranched alkanes of at least 4 members (excludes halogenated alkanes) is 15. The van der Waals surface area contributed by atoms with Crippen LogP contribution in [0.15, 0.2) is 48.6 Å². The maximum atomic E-state index is 12.3. The molecule has 0 heterocycles. The molecular formula is C38H69NO5. The van der Waals surface area contributed by atoms with Crippen LogP contribution in [0.1, 0.15) is 155 Å². The molecule has 0 spiro atoms. The lowest BCUT2D eigenvalue weighted by Gasteiger charge is -2.26. The highest BCUT2D eigenvalue weighted by Gasteiger charge is 2.26. The van der Waals surface area contributed by atoms with Crippen molar-refractivity contribution in [3.05, 3.63) is 48.6 Å². The molecule has 0 saturated carbocycles. The van der Waals surface area contributed by atoms with Gasteiger partial charge in [-0.3, -0.25) is 4.79 Å². The van der Waals surface area contributed by atoms with E-state index in [1.165, 1.54) is 57.8 Å². The molecule has 0 aromatic rings. The van der Waals surface area contributed by atoms with Crippen LogP contribution in [-0.2, 0) is 4.79 Å². The van der Waals surface area contributed by atoms with E-state index in [0.717, 1.165) is 70.6 Å². The first-order chi connectivity index (χ1) is 21.6. The summed E-state index contributed by atoms with van der Waals surface area (Å²) in [6, 6.07) is -0.844. The van der Waals surface area contributed by atoms with E-state index < -0.39 is 24.9 Å². The van der Waals surface area contributed by atoms with Crippen molar-refractivity contribution >= 4 is 5.91 Å². The van der Waals surface area contributed by atoms with Gasteiger partial charge in [0.2, 0.25) is 5.91 Å². The van der Waals surface area contributed by atoms with Gasteiger partial charge in [0.05, 0.1) is 18.8 Å². The molecule has 44 heavy (non-hydrogen) atoms. The molecule has 0 fully saturated rings. The molecule has 0 aromatic heterocycles. The monoisotopic (exact) mass is 620 g/mol. The van der Waals surface area contributed by atoms with Crippen molar-refractivity contribution in [2.24, 2.45) is 0 Å². The molecule has 0 aliphatic heterocycles. The maximum absolute atomic E-state index is 12.3. The molecule has 0 aromatic carbocycles. The Balaban J connectivity index is 3.84. The second-order valence-corrected chi connectivity index (χ2v) is 12.2. The molecule has 0 aliphatic carbocycles. The van der Waals surface area contributed by atoms with Crippen molar-refractivity contribution in [1.29, 1.82) is 0 Å². The number of aliphatic hydroxyl groups is 4. The van der Waals surface area contributed by atoms with E-state index in [9.17, 15) is 20.1 Å². The molecule has 256 valence electrons. The molecule has 1 amide bonds. The lowest BCUT2D eigenvalue weighted by Crippen LogP contribution is -2.50. The molecule has 0 bridgehead atoms. The van der Waals surface area contributed by atoms with Gasteiger partial charge in [-0.25, -0.2) is 0 Å². The smallest absolute Gasteiger partial charge is 0.220 e. The highest BCUT2D eigenvalue weighted by molar-refractivity contribution is 5.76. The number of rotatable bonds is 32. The van der Waals surface area contributed by atoms with Gasteiger partial charge in [0.15, 0.2) is 0 Å². The summed E-state index contributed by atoms with van der Waals surface area (Å²) in [6.07, 6.45) is 39.3. The second-order valence-electron chi connectivity index (χ2n) is 12.2. The predicted molar refractivity (Wildman–Crippen MR) is 187 cm³/mol. The standard InChI is InChI=1S/C38H69NO5/c1-2-3-4-5-6-7-8-16-19-22-25-28-31-36(42)38(44)35(34-41)39-37(43)32-29-26-23-20-17-14-12-10-9-11-13-15-18-21-24-27-30-33-40/h9,11-12,14-15,18,20,23,35-36,38,40-42,44H,2-8,10,13,16-17,19,21-22,24-34H2,1H3,(H,39,43)/b11-9-,14-12-,18-15-,23-20-/t35-,36?,38?/m0/s1. The molecule has 0 saturated heterocycles. The fourth-order valence-electron chi connectivity index (χ4n) is 5.13. The third-order valence-electron chi connectivity index (χ3n) is 7.99. The lowest BCUT2D eigenvalue weighted by atomic mass is 9.99. The number of amides is 1. The van der Waals surface area contributed by atoms with E-state index in [0.29, 0.717) is 25.9 Å². The summed E-state index contributed by atoms with van der Waals surface area (Å²) in [5, 5.41) is 42.0.